The molecule has 0 aliphatic heterocycles. The van der Waals surface area contributed by atoms with Crippen molar-refractivity contribution in [3.63, 3.8) is 0 Å². The number of aromatic nitrogens is 1. The molecule has 4 rings (SSSR count). The van der Waals surface area contributed by atoms with Gasteiger partial charge in [-0.05, 0) is 41.7 Å². The summed E-state index contributed by atoms with van der Waals surface area (Å²) in [6, 6.07) is 21.9. The summed E-state index contributed by atoms with van der Waals surface area (Å²) >= 11 is 0. The number of pyridine rings is 1. The van der Waals surface area contributed by atoms with Crippen molar-refractivity contribution in [3.05, 3.63) is 120 Å². The van der Waals surface area contributed by atoms with Gasteiger partial charge in [-0.15, -0.1) is 35.9 Å². The van der Waals surface area contributed by atoms with Crippen molar-refractivity contribution in [2.45, 2.75) is 0 Å². The van der Waals surface area contributed by atoms with Crippen LogP contribution in [0.15, 0.2) is 90.1 Å². The minimum absolute atomic E-state index is 0. The smallest absolute Gasteiger partial charge is 0.412 e. The van der Waals surface area contributed by atoms with Gasteiger partial charge in [0.05, 0.1) is 0 Å². The van der Waals surface area contributed by atoms with Crippen LogP contribution in [0.3, 0.4) is 0 Å². The second-order valence-corrected chi connectivity index (χ2v) is 9.00. The van der Waals surface area contributed by atoms with Crippen molar-refractivity contribution in [2.24, 2.45) is 4.99 Å². The molecule has 0 radical (unpaired) electrons. The van der Waals surface area contributed by atoms with Gasteiger partial charge >= 0.3 is 21.1 Å². The van der Waals surface area contributed by atoms with E-state index in [1.54, 1.807) is 34.4 Å². The SMILES string of the molecule is CN(C)C=O.CN(C)C=O.N=C(/N=C(\[NH-])Nc1cc(F)cc(F)c1)Nc1cc(F)cc(F)c1.[Pt+2].[c-]1ccccc1-c1ccccn1. The Morgan fingerprint density at radius 3 is 1.65 bits per heavy atom. The summed E-state index contributed by atoms with van der Waals surface area (Å²) < 4.78 is 52.0. The van der Waals surface area contributed by atoms with Crippen LogP contribution in [-0.4, -0.2) is 67.7 Å². The number of guanidine groups is 2. The van der Waals surface area contributed by atoms with Gasteiger partial charge < -0.3 is 36.1 Å². The zero-order valence-corrected chi connectivity index (χ0v) is 27.4. The zero-order chi connectivity index (χ0) is 33.8. The molecule has 0 fully saturated rings. The van der Waals surface area contributed by atoms with E-state index in [4.69, 9.17) is 11.1 Å². The number of rotatable bonds is 5. The van der Waals surface area contributed by atoms with Gasteiger partial charge in [-0.1, -0.05) is 12.1 Å². The maximum absolute atomic E-state index is 13.0. The van der Waals surface area contributed by atoms with E-state index >= 15 is 0 Å². The zero-order valence-electron chi connectivity index (χ0n) is 25.2. The number of carbonyl (C=O) groups excluding carboxylic acids is 2. The molecule has 46 heavy (non-hydrogen) atoms. The molecule has 0 aliphatic rings. The van der Waals surface area contributed by atoms with Gasteiger partial charge in [0, 0.05) is 58.2 Å². The molecule has 0 unspecified atom stereocenters. The number of amides is 2. The molecule has 0 spiro atoms. The average Bonchev–Trinajstić information content (AvgIpc) is 2.97. The second kappa shape index (κ2) is 22.4. The van der Waals surface area contributed by atoms with Crippen molar-refractivity contribution in [1.29, 1.82) is 5.41 Å². The van der Waals surface area contributed by atoms with E-state index < -0.39 is 35.2 Å². The summed E-state index contributed by atoms with van der Waals surface area (Å²) in [7, 11) is 6.75. The molecule has 3 aromatic carbocycles. The van der Waals surface area contributed by atoms with Crippen LogP contribution in [0.5, 0.6) is 0 Å². The van der Waals surface area contributed by atoms with Crippen molar-refractivity contribution in [2.75, 3.05) is 38.8 Å². The Bertz CT molecular complexity index is 1440. The molecular formula is C31H32F4N8O2Pt. The monoisotopic (exact) mass is 819 g/mol. The first-order valence-electron chi connectivity index (χ1n) is 12.8. The van der Waals surface area contributed by atoms with E-state index in [-0.39, 0.29) is 32.4 Å². The Hall–Kier alpha value is -5.10. The van der Waals surface area contributed by atoms with Crippen LogP contribution in [0.4, 0.5) is 28.9 Å². The molecule has 4 N–H and O–H groups in total. The fourth-order valence-corrected chi connectivity index (χ4v) is 2.77. The van der Waals surface area contributed by atoms with Crippen LogP contribution in [0.25, 0.3) is 17.0 Å². The molecule has 1 heterocycles. The van der Waals surface area contributed by atoms with E-state index in [9.17, 15) is 27.2 Å². The van der Waals surface area contributed by atoms with E-state index in [0.717, 1.165) is 48.3 Å². The minimum atomic E-state index is -0.844. The fraction of sp³-hybridized carbons (Fsp3) is 0.129. The van der Waals surface area contributed by atoms with E-state index in [1.807, 2.05) is 42.5 Å². The Labute approximate surface area is 279 Å². The normalized spacial score (nSPS) is 9.61. The molecule has 0 saturated carbocycles. The Kier molecular flexibility index (Phi) is 19.9. The van der Waals surface area contributed by atoms with E-state index in [0.29, 0.717) is 12.1 Å². The number of nitrogens with zero attached hydrogens (tertiary/aromatic N) is 4. The Morgan fingerprint density at radius 2 is 1.26 bits per heavy atom. The van der Waals surface area contributed by atoms with Gasteiger partial charge in [0.2, 0.25) is 12.8 Å². The first-order valence-corrected chi connectivity index (χ1v) is 12.8. The van der Waals surface area contributed by atoms with Gasteiger partial charge in [0.25, 0.3) is 0 Å². The molecule has 0 aliphatic carbocycles. The van der Waals surface area contributed by atoms with Crippen LogP contribution in [0, 0.1) is 34.7 Å². The molecular weight excluding hydrogens is 787 g/mol. The molecule has 2 amide bonds. The predicted molar refractivity (Wildman–Crippen MR) is 167 cm³/mol. The molecule has 246 valence electrons. The maximum atomic E-state index is 13.0. The maximum Gasteiger partial charge on any atom is 2.00 e. The predicted octanol–water partition coefficient (Wildman–Crippen LogP) is 6.07. The first kappa shape index (κ1) is 40.9. The van der Waals surface area contributed by atoms with E-state index in [2.05, 4.69) is 26.7 Å². The van der Waals surface area contributed by atoms with Gasteiger partial charge in [-0.3, -0.25) is 15.0 Å². The summed E-state index contributed by atoms with van der Waals surface area (Å²) in [4.78, 5) is 29.4. The number of anilines is 2. The minimum Gasteiger partial charge on any atom is -0.412 e. The fourth-order valence-electron chi connectivity index (χ4n) is 2.77. The van der Waals surface area contributed by atoms with Crippen LogP contribution in [0.1, 0.15) is 0 Å². The number of halogens is 4. The van der Waals surface area contributed by atoms with Gasteiger partial charge in [0.1, 0.15) is 29.2 Å². The molecule has 1 aromatic heterocycles. The number of nitrogens with one attached hydrogen (secondary N) is 4. The van der Waals surface area contributed by atoms with Gasteiger partial charge in [0.15, 0.2) is 0 Å². The van der Waals surface area contributed by atoms with Crippen molar-refractivity contribution < 1.29 is 48.2 Å². The largest absolute Gasteiger partial charge is 2.00 e. The summed E-state index contributed by atoms with van der Waals surface area (Å²) in [6.07, 6.45) is 3.29. The number of carbonyl (C=O) groups is 2. The van der Waals surface area contributed by atoms with Crippen molar-refractivity contribution in [3.8, 4) is 11.3 Å². The van der Waals surface area contributed by atoms with Crippen LogP contribution < -0.4 is 10.6 Å². The molecule has 0 saturated heterocycles. The third kappa shape index (κ3) is 18.5. The first-order chi connectivity index (χ1) is 21.3. The summed E-state index contributed by atoms with van der Waals surface area (Å²) in [5.74, 6) is -4.56. The average molecular weight is 820 g/mol. The van der Waals surface area contributed by atoms with Gasteiger partial charge in [-0.2, -0.15) is 0 Å². The Morgan fingerprint density at radius 1 is 0.804 bits per heavy atom. The summed E-state index contributed by atoms with van der Waals surface area (Å²) in [5.41, 5.74) is 9.37. The third-order valence-electron chi connectivity index (χ3n) is 4.55. The topological polar surface area (TPSA) is 138 Å². The summed E-state index contributed by atoms with van der Waals surface area (Å²) in [6.45, 7) is 0. The van der Waals surface area contributed by atoms with E-state index in [1.165, 1.54) is 9.80 Å². The van der Waals surface area contributed by atoms with Gasteiger partial charge in [-0.25, -0.2) is 17.6 Å². The third-order valence-corrected chi connectivity index (χ3v) is 4.55. The molecule has 10 nitrogen and oxygen atoms in total. The molecule has 15 heteroatoms. The van der Waals surface area contributed by atoms with Crippen LogP contribution in [-0.2, 0) is 30.7 Å². The standard InChI is InChI=1S/C14H10F4N5.C11H8N.2C3H7NO.Pt/c15-7-1-8(16)4-11(3-7)21-13(19)23-14(20)22-12-5-9(17)2-10(18)6-12;1-2-6-10(7-3-1)11-8-4-5-9-12-11;2*1-4(2)3-5;/h1-6H,(H4-,19,20,21,22,23);1-6,8-9H;2*3H,1-2H3;/q2*-1;;;+2. The van der Waals surface area contributed by atoms with Crippen molar-refractivity contribution in [1.82, 2.24) is 14.8 Å². The number of benzene rings is 3. The second-order valence-electron chi connectivity index (χ2n) is 9.00. The van der Waals surface area contributed by atoms with Crippen LogP contribution in [0.2, 0.25) is 0 Å². The quantitative estimate of drug-likeness (QED) is 0.0740. The molecule has 0 bridgehead atoms. The molecule has 0 atom stereocenters. The molecule has 4 aromatic rings. The number of aliphatic imine (C=N–C) groups is 1. The Balaban J connectivity index is 0.000000729. The summed E-state index contributed by atoms with van der Waals surface area (Å²) in [5, 5.41) is 12.0. The van der Waals surface area contributed by atoms with Crippen molar-refractivity contribution >= 4 is 36.1 Å². The number of hydrogen-bond donors (Lipinski definition) is 3. The van der Waals surface area contributed by atoms with Crippen LogP contribution >= 0.6 is 0 Å². The number of hydrogen-bond acceptors (Lipinski definition) is 4.